The van der Waals surface area contributed by atoms with Gasteiger partial charge in [-0.05, 0) is 31.5 Å². The zero-order valence-electron chi connectivity index (χ0n) is 13.6. The van der Waals surface area contributed by atoms with Crippen LogP contribution in [0.1, 0.15) is 26.7 Å². The second kappa shape index (κ2) is 6.69. The lowest BCUT2D eigenvalue weighted by molar-refractivity contribution is -0.116. The largest absolute Gasteiger partial charge is 0.495 e. The van der Waals surface area contributed by atoms with Crippen molar-refractivity contribution in [3.05, 3.63) is 18.2 Å². The number of hydrogen-bond donors (Lipinski definition) is 1. The van der Waals surface area contributed by atoms with Gasteiger partial charge in [0, 0.05) is 12.5 Å². The highest BCUT2D eigenvalue weighted by Gasteiger charge is 2.37. The molecule has 0 spiro atoms. The van der Waals surface area contributed by atoms with E-state index in [9.17, 15) is 21.6 Å². The lowest BCUT2D eigenvalue weighted by Crippen LogP contribution is -2.33. The summed E-state index contributed by atoms with van der Waals surface area (Å²) in [6, 6.07) is 3.52. The highest BCUT2D eigenvalue weighted by atomic mass is 32.2. The van der Waals surface area contributed by atoms with E-state index in [-0.39, 0.29) is 34.5 Å². The lowest BCUT2D eigenvalue weighted by Gasteiger charge is -2.19. The van der Waals surface area contributed by atoms with Crippen LogP contribution in [0, 0.1) is 0 Å². The van der Waals surface area contributed by atoms with Crippen LogP contribution in [-0.4, -0.2) is 41.6 Å². The van der Waals surface area contributed by atoms with E-state index in [0.29, 0.717) is 10.7 Å². The Bertz CT molecular complexity index is 848. The van der Waals surface area contributed by atoms with Crippen LogP contribution in [-0.2, 0) is 24.8 Å². The number of rotatable bonds is 6. The van der Waals surface area contributed by atoms with E-state index in [0.717, 1.165) is 6.07 Å². The Morgan fingerprint density at radius 3 is 2.54 bits per heavy atom. The Balaban J connectivity index is 2.55. The van der Waals surface area contributed by atoms with Gasteiger partial charge in [-0.2, -0.15) is 0 Å². The molecule has 1 N–H and O–H groups in total. The lowest BCUT2D eigenvalue weighted by atomic mass is 10.3. The molecule has 0 saturated carbocycles. The number of anilines is 1. The Kier molecular flexibility index (Phi) is 5.21. The molecule has 1 unspecified atom stereocenters. The number of hydrogen-bond acceptors (Lipinski definition) is 6. The molecule has 0 aromatic heterocycles. The molecule has 0 aliphatic carbocycles. The first kappa shape index (κ1) is 18.7. The Hall–Kier alpha value is -1.65. The van der Waals surface area contributed by atoms with Crippen molar-refractivity contribution >= 4 is 31.6 Å². The van der Waals surface area contributed by atoms with Gasteiger partial charge in [-0.3, -0.25) is 4.79 Å². The van der Waals surface area contributed by atoms with Crippen molar-refractivity contribution in [2.45, 2.75) is 37.6 Å². The van der Waals surface area contributed by atoms with Crippen molar-refractivity contribution in [3.8, 4) is 5.75 Å². The molecule has 10 heteroatoms. The van der Waals surface area contributed by atoms with E-state index in [2.05, 4.69) is 4.72 Å². The summed E-state index contributed by atoms with van der Waals surface area (Å²) in [5.41, 5.74) is -0.0113. The van der Waals surface area contributed by atoms with E-state index >= 15 is 0 Å². The first-order valence-electron chi connectivity index (χ1n) is 7.38. The highest BCUT2D eigenvalue weighted by molar-refractivity contribution is 7.94. The third kappa shape index (κ3) is 3.55. The molecule has 1 aliphatic rings. The van der Waals surface area contributed by atoms with Gasteiger partial charge >= 0.3 is 0 Å². The predicted molar refractivity (Wildman–Crippen MR) is 89.0 cm³/mol. The normalized spacial score (nSPS) is 18.6. The number of carbonyl (C=O) groups is 1. The standard InChI is InChI=1S/C14H20N2O6S2/c1-4-10(2)15-24(20,21)13-9-11(5-6-12(13)22-3)16-14(17)7-8-23(16,18)19/h5-6,9-10,15H,4,7-8H2,1-3H3. The van der Waals surface area contributed by atoms with E-state index < -0.39 is 26.0 Å². The second-order valence-corrected chi connectivity index (χ2v) is 9.11. The molecule has 1 aromatic carbocycles. The number of methoxy groups -OCH3 is 1. The summed E-state index contributed by atoms with van der Waals surface area (Å²) in [6.07, 6.45) is 0.460. The van der Waals surface area contributed by atoms with Crippen LogP contribution < -0.4 is 13.8 Å². The van der Waals surface area contributed by atoms with Crippen molar-refractivity contribution in [2.75, 3.05) is 17.2 Å². The molecule has 1 atom stereocenters. The maximum absolute atomic E-state index is 12.5. The molecule has 0 bridgehead atoms. The van der Waals surface area contributed by atoms with Crippen molar-refractivity contribution < 1.29 is 26.4 Å². The van der Waals surface area contributed by atoms with Crippen LogP contribution >= 0.6 is 0 Å². The van der Waals surface area contributed by atoms with E-state index in [1.807, 2.05) is 6.92 Å². The minimum atomic E-state index is -3.93. The molecule has 2 rings (SSSR count). The van der Waals surface area contributed by atoms with Gasteiger partial charge in [-0.15, -0.1) is 0 Å². The zero-order chi connectivity index (χ0) is 18.1. The summed E-state index contributed by atoms with van der Waals surface area (Å²) in [7, 11) is -6.39. The smallest absolute Gasteiger partial charge is 0.244 e. The summed E-state index contributed by atoms with van der Waals surface area (Å²) >= 11 is 0. The minimum Gasteiger partial charge on any atom is -0.495 e. The second-order valence-electron chi connectivity index (χ2n) is 5.49. The van der Waals surface area contributed by atoms with Gasteiger partial charge in [0.05, 0.1) is 18.6 Å². The number of nitrogens with zero attached hydrogens (tertiary/aromatic N) is 1. The molecule has 1 heterocycles. The average Bonchev–Trinajstić information content (AvgIpc) is 2.79. The molecule has 1 aromatic rings. The van der Waals surface area contributed by atoms with Crippen molar-refractivity contribution in [1.82, 2.24) is 4.72 Å². The fraction of sp³-hybridized carbons (Fsp3) is 0.500. The fourth-order valence-corrected chi connectivity index (χ4v) is 5.25. The molecular formula is C14H20N2O6S2. The van der Waals surface area contributed by atoms with Gasteiger partial charge in [0.25, 0.3) is 0 Å². The molecule has 134 valence electrons. The van der Waals surface area contributed by atoms with Gasteiger partial charge in [0.1, 0.15) is 10.6 Å². The van der Waals surface area contributed by atoms with Crippen LogP contribution in [0.25, 0.3) is 0 Å². The Morgan fingerprint density at radius 1 is 1.38 bits per heavy atom. The molecule has 1 aliphatic heterocycles. The Labute approximate surface area is 141 Å². The molecule has 1 saturated heterocycles. The average molecular weight is 376 g/mol. The third-order valence-corrected chi connectivity index (χ3v) is 7.02. The van der Waals surface area contributed by atoms with Gasteiger partial charge in [-0.1, -0.05) is 6.92 Å². The minimum absolute atomic E-state index is 0.0113. The van der Waals surface area contributed by atoms with E-state index in [1.54, 1.807) is 6.92 Å². The van der Waals surface area contributed by atoms with Crippen molar-refractivity contribution in [3.63, 3.8) is 0 Å². The summed E-state index contributed by atoms with van der Waals surface area (Å²) < 4.78 is 57.3. The van der Waals surface area contributed by atoms with Gasteiger partial charge < -0.3 is 4.74 Å². The summed E-state index contributed by atoms with van der Waals surface area (Å²) in [5, 5.41) is 0. The molecule has 0 radical (unpaired) electrons. The van der Waals surface area contributed by atoms with Crippen LogP contribution in [0.15, 0.2) is 23.1 Å². The SMILES string of the molecule is CCC(C)NS(=O)(=O)c1cc(N2C(=O)CCS2(=O)=O)ccc1OC. The number of sulfonamides is 2. The van der Waals surface area contributed by atoms with Crippen LogP contribution in [0.4, 0.5) is 5.69 Å². The van der Waals surface area contributed by atoms with E-state index in [4.69, 9.17) is 4.74 Å². The summed E-state index contributed by atoms with van der Waals surface area (Å²) in [4.78, 5) is 11.7. The number of amides is 1. The number of nitrogens with one attached hydrogen (secondary N) is 1. The van der Waals surface area contributed by atoms with Gasteiger partial charge in [0.15, 0.2) is 0 Å². The predicted octanol–water partition coefficient (Wildman–Crippen LogP) is 0.838. The maximum atomic E-state index is 12.5. The topological polar surface area (TPSA) is 110 Å². The number of carbonyl (C=O) groups excluding carboxylic acids is 1. The monoisotopic (exact) mass is 376 g/mol. The molecule has 1 amide bonds. The molecule has 8 nitrogen and oxygen atoms in total. The molecular weight excluding hydrogens is 356 g/mol. The molecule has 1 fully saturated rings. The third-order valence-electron chi connectivity index (χ3n) is 3.72. The highest BCUT2D eigenvalue weighted by Crippen LogP contribution is 2.32. The Morgan fingerprint density at radius 2 is 2.04 bits per heavy atom. The quantitative estimate of drug-likeness (QED) is 0.788. The fourth-order valence-electron chi connectivity index (χ4n) is 2.28. The first-order valence-corrected chi connectivity index (χ1v) is 10.5. The van der Waals surface area contributed by atoms with Crippen molar-refractivity contribution in [2.24, 2.45) is 0 Å². The van der Waals surface area contributed by atoms with E-state index in [1.165, 1.54) is 19.2 Å². The number of ether oxygens (including phenoxy) is 1. The maximum Gasteiger partial charge on any atom is 0.244 e. The summed E-state index contributed by atoms with van der Waals surface area (Å²) in [6.45, 7) is 3.54. The van der Waals surface area contributed by atoms with Gasteiger partial charge in [0.2, 0.25) is 26.0 Å². The van der Waals surface area contributed by atoms with Crippen molar-refractivity contribution in [1.29, 1.82) is 0 Å². The molecule has 24 heavy (non-hydrogen) atoms. The van der Waals surface area contributed by atoms with Crippen LogP contribution in [0.5, 0.6) is 5.75 Å². The van der Waals surface area contributed by atoms with Crippen LogP contribution in [0.3, 0.4) is 0 Å². The zero-order valence-corrected chi connectivity index (χ0v) is 15.3. The van der Waals surface area contributed by atoms with Gasteiger partial charge in [-0.25, -0.2) is 25.9 Å². The number of benzene rings is 1. The summed E-state index contributed by atoms with van der Waals surface area (Å²) in [5.74, 6) is -0.803. The van der Waals surface area contributed by atoms with Crippen LogP contribution in [0.2, 0.25) is 0 Å². The first-order chi connectivity index (χ1) is 11.1.